The number of nitrogens with zero attached hydrogens (tertiary/aromatic N) is 5. The maximum Gasteiger partial charge on any atom is 0.287 e. The Labute approximate surface area is 217 Å². The highest BCUT2D eigenvalue weighted by atomic mass is 16.7. The summed E-state index contributed by atoms with van der Waals surface area (Å²) in [6.07, 6.45) is 1.15. The summed E-state index contributed by atoms with van der Waals surface area (Å²) in [7, 11) is 1.88. The molecule has 0 spiro atoms. The second-order valence-electron chi connectivity index (χ2n) is 9.28. The fourth-order valence-electron chi connectivity index (χ4n) is 4.83. The van der Waals surface area contributed by atoms with Crippen LogP contribution in [0.2, 0.25) is 0 Å². The number of ether oxygens (including phenoxy) is 3. The Morgan fingerprint density at radius 3 is 2.61 bits per heavy atom. The monoisotopic (exact) mass is 515 g/mol. The molecule has 2 aliphatic heterocycles. The van der Waals surface area contributed by atoms with Gasteiger partial charge in [-0.15, -0.1) is 0 Å². The Morgan fingerprint density at radius 2 is 1.84 bits per heavy atom. The predicted octanol–water partition coefficient (Wildman–Crippen LogP) is 3.96. The number of benzene rings is 2. The van der Waals surface area contributed by atoms with Gasteiger partial charge in [-0.3, -0.25) is 19.8 Å². The lowest BCUT2D eigenvalue weighted by Crippen LogP contribution is -2.48. The Hall–Kier alpha value is -4.64. The number of carbonyl (C=O) groups excluding carboxylic acids is 1. The lowest BCUT2D eigenvalue weighted by molar-refractivity contribution is -0.385. The maximum atomic E-state index is 13.4. The zero-order valence-corrected chi connectivity index (χ0v) is 20.7. The summed E-state index contributed by atoms with van der Waals surface area (Å²) in [4.78, 5) is 31.9. The number of rotatable bonds is 6. The summed E-state index contributed by atoms with van der Waals surface area (Å²) in [6.45, 7) is 3.91. The van der Waals surface area contributed by atoms with E-state index in [1.165, 1.54) is 12.1 Å². The molecule has 0 radical (unpaired) electrons. The van der Waals surface area contributed by atoms with Crippen LogP contribution in [0, 0.1) is 10.1 Å². The molecule has 4 aromatic rings. The minimum atomic E-state index is -0.509. The van der Waals surface area contributed by atoms with Gasteiger partial charge < -0.3 is 23.7 Å². The highest BCUT2D eigenvalue weighted by Crippen LogP contribution is 2.33. The van der Waals surface area contributed by atoms with E-state index in [0.717, 1.165) is 53.8 Å². The van der Waals surface area contributed by atoms with Crippen LogP contribution >= 0.6 is 0 Å². The van der Waals surface area contributed by atoms with Crippen LogP contribution in [-0.2, 0) is 13.6 Å². The van der Waals surface area contributed by atoms with Gasteiger partial charge >= 0.3 is 0 Å². The third-order valence-corrected chi connectivity index (χ3v) is 6.89. The molecular weight excluding hydrogens is 490 g/mol. The quantitative estimate of drug-likeness (QED) is 0.280. The summed E-state index contributed by atoms with van der Waals surface area (Å²) >= 11 is 0. The molecule has 194 valence electrons. The van der Waals surface area contributed by atoms with Gasteiger partial charge in [-0.1, -0.05) is 6.07 Å². The van der Waals surface area contributed by atoms with E-state index in [4.69, 9.17) is 14.2 Å². The molecule has 6 rings (SSSR count). The minimum Gasteiger partial charge on any atom is -0.454 e. The first-order chi connectivity index (χ1) is 18.4. The van der Waals surface area contributed by atoms with Crippen LogP contribution in [0.25, 0.3) is 10.9 Å². The predicted molar refractivity (Wildman–Crippen MR) is 138 cm³/mol. The van der Waals surface area contributed by atoms with Crippen molar-refractivity contribution >= 4 is 22.5 Å². The second kappa shape index (κ2) is 9.67. The van der Waals surface area contributed by atoms with Crippen LogP contribution in [0.4, 0.5) is 5.69 Å². The van der Waals surface area contributed by atoms with Crippen molar-refractivity contribution in [1.82, 2.24) is 19.4 Å². The van der Waals surface area contributed by atoms with Crippen LogP contribution in [0.1, 0.15) is 16.1 Å². The number of piperazine rings is 1. The van der Waals surface area contributed by atoms with Crippen molar-refractivity contribution < 1.29 is 23.9 Å². The van der Waals surface area contributed by atoms with Gasteiger partial charge in [0.1, 0.15) is 17.6 Å². The molecule has 0 saturated carbocycles. The number of aryl methyl sites for hydroxylation is 1. The average molecular weight is 516 g/mol. The number of hydrogen-bond donors (Lipinski definition) is 0. The fourth-order valence-corrected chi connectivity index (χ4v) is 4.83. The zero-order valence-electron chi connectivity index (χ0n) is 20.7. The van der Waals surface area contributed by atoms with Crippen molar-refractivity contribution in [2.24, 2.45) is 7.05 Å². The van der Waals surface area contributed by atoms with Crippen molar-refractivity contribution in [2.75, 3.05) is 33.0 Å². The molecule has 1 fully saturated rings. The van der Waals surface area contributed by atoms with Gasteiger partial charge in [0.2, 0.25) is 12.7 Å². The molecule has 0 N–H and O–H groups in total. The molecule has 0 aliphatic carbocycles. The topological polar surface area (TPSA) is 112 Å². The number of hydrogen-bond acceptors (Lipinski definition) is 8. The molecule has 2 aromatic carbocycles. The van der Waals surface area contributed by atoms with Crippen LogP contribution in [-0.4, -0.2) is 63.2 Å². The van der Waals surface area contributed by atoms with E-state index in [2.05, 4.69) is 16.0 Å². The van der Waals surface area contributed by atoms with Crippen LogP contribution < -0.4 is 14.2 Å². The highest BCUT2D eigenvalue weighted by Gasteiger charge is 2.25. The van der Waals surface area contributed by atoms with Crippen LogP contribution in [0.3, 0.4) is 0 Å². The molecule has 2 aliphatic rings. The normalized spacial score (nSPS) is 15.1. The van der Waals surface area contributed by atoms with Gasteiger partial charge in [0, 0.05) is 62.8 Å². The van der Waals surface area contributed by atoms with E-state index < -0.39 is 4.92 Å². The van der Waals surface area contributed by atoms with Crippen LogP contribution in [0.5, 0.6) is 23.1 Å². The fraction of sp³-hybridized carbons (Fsp3) is 0.259. The molecule has 0 bridgehead atoms. The summed E-state index contributed by atoms with van der Waals surface area (Å²) in [5.41, 5.74) is 2.56. The van der Waals surface area contributed by atoms with E-state index in [9.17, 15) is 14.9 Å². The number of fused-ring (bicyclic) bond motifs is 2. The largest absolute Gasteiger partial charge is 0.454 e. The van der Waals surface area contributed by atoms with Crippen molar-refractivity contribution in [2.45, 2.75) is 6.54 Å². The Kier molecular flexibility index (Phi) is 6.04. The molecule has 38 heavy (non-hydrogen) atoms. The van der Waals surface area contributed by atoms with Gasteiger partial charge in [0.25, 0.3) is 11.6 Å². The maximum absolute atomic E-state index is 13.4. The summed E-state index contributed by atoms with van der Waals surface area (Å²) in [5.74, 6) is 2.33. The average Bonchev–Trinajstić information content (AvgIpc) is 3.53. The SMILES string of the molecule is Cn1c(C(=O)N2CCN(Cc3ccc4c(c3)OCO4)CC2)cc2cc(Oc3ccc([N+](=O)[O-])cn3)ccc21. The third kappa shape index (κ3) is 4.59. The van der Waals surface area contributed by atoms with Gasteiger partial charge in [0.05, 0.1) is 4.92 Å². The van der Waals surface area contributed by atoms with E-state index in [1.54, 1.807) is 6.07 Å². The van der Waals surface area contributed by atoms with Crippen molar-refractivity contribution in [3.8, 4) is 23.1 Å². The highest BCUT2D eigenvalue weighted by molar-refractivity contribution is 5.99. The smallest absolute Gasteiger partial charge is 0.287 e. The van der Waals surface area contributed by atoms with Gasteiger partial charge in [-0.05, 0) is 42.0 Å². The molecule has 0 unspecified atom stereocenters. The first kappa shape index (κ1) is 23.7. The lowest BCUT2D eigenvalue weighted by Gasteiger charge is -2.34. The first-order valence-electron chi connectivity index (χ1n) is 12.2. The van der Waals surface area contributed by atoms with Crippen LogP contribution in [0.15, 0.2) is 60.8 Å². The lowest BCUT2D eigenvalue weighted by atomic mass is 10.1. The molecule has 2 aromatic heterocycles. The summed E-state index contributed by atoms with van der Waals surface area (Å²) in [5, 5.41) is 11.7. The molecule has 11 nitrogen and oxygen atoms in total. The van der Waals surface area contributed by atoms with E-state index in [1.807, 2.05) is 46.8 Å². The first-order valence-corrected chi connectivity index (χ1v) is 12.2. The Morgan fingerprint density at radius 1 is 1.03 bits per heavy atom. The molecule has 11 heteroatoms. The summed E-state index contributed by atoms with van der Waals surface area (Å²) < 4.78 is 18.5. The Balaban J connectivity index is 1.11. The van der Waals surface area contributed by atoms with Crippen molar-refractivity contribution in [1.29, 1.82) is 0 Å². The number of carbonyl (C=O) groups is 1. The molecule has 0 atom stereocenters. The number of pyridine rings is 1. The number of nitro groups is 1. The minimum absolute atomic E-state index is 0.00839. The van der Waals surface area contributed by atoms with Gasteiger partial charge in [-0.25, -0.2) is 4.98 Å². The standard InChI is InChI=1S/C27H25N5O6/c1-29-22-5-4-21(38-26-7-3-20(15-28-26)32(34)35)13-19(22)14-23(29)27(33)31-10-8-30(9-11-31)16-18-2-6-24-25(12-18)37-17-36-24/h2-7,12-15H,8-11,16-17H2,1H3. The van der Waals surface area contributed by atoms with Crippen molar-refractivity contribution in [3.63, 3.8) is 0 Å². The summed E-state index contributed by atoms with van der Waals surface area (Å²) in [6, 6.07) is 16.2. The molecule has 1 amide bonds. The van der Waals surface area contributed by atoms with E-state index >= 15 is 0 Å². The molecule has 1 saturated heterocycles. The zero-order chi connectivity index (χ0) is 26.2. The van der Waals surface area contributed by atoms with E-state index in [-0.39, 0.29) is 24.3 Å². The number of amides is 1. The number of aromatic nitrogens is 2. The van der Waals surface area contributed by atoms with E-state index in [0.29, 0.717) is 24.5 Å². The van der Waals surface area contributed by atoms with Gasteiger partial charge in [-0.2, -0.15) is 0 Å². The molecule has 4 heterocycles. The third-order valence-electron chi connectivity index (χ3n) is 6.89. The van der Waals surface area contributed by atoms with Crippen molar-refractivity contribution in [3.05, 3.63) is 82.2 Å². The Bertz CT molecular complexity index is 1530. The molecular formula is C27H25N5O6. The van der Waals surface area contributed by atoms with Gasteiger partial charge in [0.15, 0.2) is 11.5 Å². The second-order valence-corrected chi connectivity index (χ2v) is 9.28.